The van der Waals surface area contributed by atoms with E-state index in [-0.39, 0.29) is 5.91 Å². The third kappa shape index (κ3) is 3.61. The summed E-state index contributed by atoms with van der Waals surface area (Å²) in [6.07, 6.45) is 3.33. The van der Waals surface area contributed by atoms with Crippen molar-refractivity contribution in [2.75, 3.05) is 6.54 Å². The van der Waals surface area contributed by atoms with Gasteiger partial charge in [0.2, 0.25) is 0 Å². The van der Waals surface area contributed by atoms with Gasteiger partial charge in [-0.2, -0.15) is 0 Å². The molecule has 0 fully saturated rings. The molecule has 0 aliphatic carbocycles. The molecule has 112 valence electrons. The number of aromatic nitrogens is 1. The number of hydrogen-bond donors (Lipinski definition) is 0. The summed E-state index contributed by atoms with van der Waals surface area (Å²) < 4.78 is 5.33. The lowest BCUT2D eigenvalue weighted by atomic mass is 10.2. The smallest absolute Gasteiger partial charge is 0.266 e. The summed E-state index contributed by atoms with van der Waals surface area (Å²) in [5.41, 5.74) is 0.794. The second kappa shape index (κ2) is 6.72. The number of thiazole rings is 1. The lowest BCUT2D eigenvalue weighted by Crippen LogP contribution is -2.30. The Morgan fingerprint density at radius 3 is 2.86 bits per heavy atom. The Bertz CT molecular complexity index is 614. The van der Waals surface area contributed by atoms with Gasteiger partial charge < -0.3 is 9.32 Å². The van der Waals surface area contributed by atoms with E-state index in [1.54, 1.807) is 17.2 Å². The molecule has 0 saturated heterocycles. The van der Waals surface area contributed by atoms with Crippen molar-refractivity contribution in [2.24, 2.45) is 0 Å². The molecule has 0 atom stereocenters. The quantitative estimate of drug-likeness (QED) is 0.758. The highest BCUT2D eigenvalue weighted by Crippen LogP contribution is 2.26. The summed E-state index contributed by atoms with van der Waals surface area (Å²) in [6.45, 7) is 10.7. The molecule has 4 nitrogen and oxygen atoms in total. The highest BCUT2D eigenvalue weighted by Gasteiger charge is 2.22. The molecule has 0 saturated carbocycles. The highest BCUT2D eigenvalue weighted by atomic mass is 32.1. The average molecular weight is 304 g/mol. The highest BCUT2D eigenvalue weighted by molar-refractivity contribution is 7.13. The second-order valence-corrected chi connectivity index (χ2v) is 6.21. The van der Waals surface area contributed by atoms with Gasteiger partial charge in [-0.3, -0.25) is 4.79 Å². The number of carbonyl (C=O) groups is 1. The van der Waals surface area contributed by atoms with Crippen molar-refractivity contribution < 1.29 is 9.21 Å². The van der Waals surface area contributed by atoms with E-state index in [9.17, 15) is 4.79 Å². The summed E-state index contributed by atoms with van der Waals surface area (Å²) in [7, 11) is 0. The Kier molecular flexibility index (Phi) is 4.96. The van der Waals surface area contributed by atoms with Crippen molar-refractivity contribution in [3.05, 3.63) is 52.4 Å². The van der Waals surface area contributed by atoms with Crippen LogP contribution in [0.3, 0.4) is 0 Å². The zero-order valence-electron chi connectivity index (χ0n) is 12.6. The van der Waals surface area contributed by atoms with Gasteiger partial charge in [-0.1, -0.05) is 19.9 Å². The van der Waals surface area contributed by atoms with Crippen LogP contribution in [0.1, 0.15) is 45.9 Å². The minimum absolute atomic E-state index is 0.0202. The second-order valence-electron chi connectivity index (χ2n) is 5.18. The molecule has 2 aromatic rings. The Balaban J connectivity index is 2.23. The van der Waals surface area contributed by atoms with Crippen molar-refractivity contribution in [3.63, 3.8) is 0 Å². The van der Waals surface area contributed by atoms with E-state index in [0.29, 0.717) is 23.9 Å². The number of amides is 1. The van der Waals surface area contributed by atoms with Crippen molar-refractivity contribution in [2.45, 2.75) is 33.2 Å². The van der Waals surface area contributed by atoms with Gasteiger partial charge in [0.25, 0.3) is 5.91 Å². The minimum Gasteiger partial charge on any atom is -0.467 e. The van der Waals surface area contributed by atoms with Gasteiger partial charge in [-0.05, 0) is 19.1 Å². The van der Waals surface area contributed by atoms with Crippen LogP contribution in [0.4, 0.5) is 0 Å². The van der Waals surface area contributed by atoms with Gasteiger partial charge in [0.1, 0.15) is 10.6 Å². The predicted octanol–water partition coefficient (Wildman–Crippen LogP) is 4.00. The Morgan fingerprint density at radius 2 is 2.33 bits per heavy atom. The first-order valence-electron chi connectivity index (χ1n) is 6.92. The number of hydrogen-bond acceptors (Lipinski definition) is 4. The van der Waals surface area contributed by atoms with E-state index in [0.717, 1.165) is 16.5 Å². The molecule has 0 N–H and O–H groups in total. The molecule has 2 heterocycles. The molecule has 0 unspecified atom stereocenters. The molecule has 5 heteroatoms. The molecule has 0 aromatic carbocycles. The van der Waals surface area contributed by atoms with Crippen molar-refractivity contribution in [1.29, 1.82) is 0 Å². The molecule has 2 aromatic heterocycles. The topological polar surface area (TPSA) is 46.3 Å². The summed E-state index contributed by atoms with van der Waals surface area (Å²) in [4.78, 5) is 19.6. The van der Waals surface area contributed by atoms with Crippen molar-refractivity contribution in [3.8, 4) is 0 Å². The molecular weight excluding hydrogens is 284 g/mol. The fourth-order valence-corrected chi connectivity index (χ4v) is 3.01. The molecule has 0 aliphatic rings. The van der Waals surface area contributed by atoms with Gasteiger partial charge >= 0.3 is 0 Å². The lowest BCUT2D eigenvalue weighted by molar-refractivity contribution is 0.0756. The molecule has 0 radical (unpaired) electrons. The van der Waals surface area contributed by atoms with E-state index in [2.05, 4.69) is 25.4 Å². The summed E-state index contributed by atoms with van der Waals surface area (Å²) in [5, 5.41) is 0.993. The Morgan fingerprint density at radius 1 is 1.57 bits per heavy atom. The van der Waals surface area contributed by atoms with E-state index >= 15 is 0 Å². The van der Waals surface area contributed by atoms with Gasteiger partial charge in [-0.25, -0.2) is 4.98 Å². The van der Waals surface area contributed by atoms with Crippen LogP contribution in [-0.4, -0.2) is 22.3 Å². The van der Waals surface area contributed by atoms with E-state index < -0.39 is 0 Å². The molecule has 0 aliphatic heterocycles. The molecule has 0 spiro atoms. The van der Waals surface area contributed by atoms with E-state index in [1.165, 1.54) is 11.3 Å². The molecule has 1 amide bonds. The Labute approximate surface area is 129 Å². The third-order valence-corrected chi connectivity index (χ3v) is 4.51. The minimum atomic E-state index is -0.0202. The van der Waals surface area contributed by atoms with Crippen LogP contribution < -0.4 is 0 Å². The zero-order valence-corrected chi connectivity index (χ0v) is 13.4. The fourth-order valence-electron chi connectivity index (χ4n) is 1.97. The number of furan rings is 1. The first-order chi connectivity index (χ1) is 10.0. The summed E-state index contributed by atoms with van der Waals surface area (Å²) in [5.74, 6) is 1.07. The van der Waals surface area contributed by atoms with Gasteiger partial charge in [0.05, 0.1) is 23.5 Å². The van der Waals surface area contributed by atoms with Crippen LogP contribution in [0.5, 0.6) is 0 Å². The van der Waals surface area contributed by atoms with Gasteiger partial charge in [-0.15, -0.1) is 17.9 Å². The SMILES string of the molecule is C=CCN(Cc1ccco1)C(=O)c1sc(C(C)C)nc1C. The normalized spacial score (nSPS) is 10.9. The van der Waals surface area contributed by atoms with Gasteiger partial charge in [0, 0.05) is 12.5 Å². The van der Waals surface area contributed by atoms with Crippen LogP contribution in [0.2, 0.25) is 0 Å². The molecule has 0 bridgehead atoms. The number of rotatable bonds is 6. The predicted molar refractivity (Wildman–Crippen MR) is 84.6 cm³/mol. The molecular formula is C16H20N2O2S. The van der Waals surface area contributed by atoms with Crippen molar-refractivity contribution in [1.82, 2.24) is 9.88 Å². The summed E-state index contributed by atoms with van der Waals surface area (Å²) in [6, 6.07) is 3.68. The zero-order chi connectivity index (χ0) is 15.4. The van der Waals surface area contributed by atoms with Crippen molar-refractivity contribution >= 4 is 17.2 Å². The maximum atomic E-state index is 12.7. The van der Waals surface area contributed by atoms with Crippen LogP contribution in [-0.2, 0) is 6.54 Å². The van der Waals surface area contributed by atoms with Gasteiger partial charge in [0.15, 0.2) is 0 Å². The largest absolute Gasteiger partial charge is 0.467 e. The number of aryl methyl sites for hydroxylation is 1. The maximum absolute atomic E-state index is 12.7. The summed E-state index contributed by atoms with van der Waals surface area (Å²) >= 11 is 1.48. The first kappa shape index (κ1) is 15.5. The first-order valence-corrected chi connectivity index (χ1v) is 7.74. The van der Waals surface area contributed by atoms with Crippen LogP contribution in [0.15, 0.2) is 35.5 Å². The van der Waals surface area contributed by atoms with Crippen LogP contribution in [0, 0.1) is 6.92 Å². The van der Waals surface area contributed by atoms with Crippen LogP contribution >= 0.6 is 11.3 Å². The monoisotopic (exact) mass is 304 g/mol. The number of nitrogens with zero attached hydrogens (tertiary/aromatic N) is 2. The standard InChI is InChI=1S/C16H20N2O2S/c1-5-8-18(10-13-7-6-9-20-13)16(19)14-12(4)17-15(21-14)11(2)3/h5-7,9,11H,1,8,10H2,2-4H3. The lowest BCUT2D eigenvalue weighted by Gasteiger charge is -2.19. The third-order valence-electron chi connectivity index (χ3n) is 3.06. The van der Waals surface area contributed by atoms with E-state index in [4.69, 9.17) is 4.42 Å². The maximum Gasteiger partial charge on any atom is 0.266 e. The number of carbonyl (C=O) groups excluding carboxylic acids is 1. The average Bonchev–Trinajstić information content (AvgIpc) is 3.07. The Hall–Kier alpha value is -1.88. The van der Waals surface area contributed by atoms with Crippen LogP contribution in [0.25, 0.3) is 0 Å². The fraction of sp³-hybridized carbons (Fsp3) is 0.375. The molecule has 2 rings (SSSR count). The van der Waals surface area contributed by atoms with E-state index in [1.807, 2.05) is 19.1 Å². The molecule has 21 heavy (non-hydrogen) atoms.